The predicted octanol–water partition coefficient (Wildman–Crippen LogP) is 3.22. The summed E-state index contributed by atoms with van der Waals surface area (Å²) in [5, 5.41) is 0. The summed E-state index contributed by atoms with van der Waals surface area (Å²) in [6.07, 6.45) is 0.646. The van der Waals surface area contributed by atoms with Crippen LogP contribution < -0.4 is 0 Å². The highest BCUT2D eigenvalue weighted by atomic mass is 19.1. The van der Waals surface area contributed by atoms with Crippen LogP contribution in [0.1, 0.15) is 31.7 Å². The molecule has 3 nitrogen and oxygen atoms in total. The zero-order valence-electron chi connectivity index (χ0n) is 11.2. The molecule has 1 aromatic rings. The number of nitrogens with zero attached hydrogens (tertiary/aromatic N) is 1. The minimum absolute atomic E-state index is 0.120. The van der Waals surface area contributed by atoms with E-state index in [1.165, 1.54) is 19.2 Å². The Hall–Kier alpha value is -1.97. The minimum Gasteiger partial charge on any atom is -0.466 e. The molecule has 0 radical (unpaired) electrons. The van der Waals surface area contributed by atoms with Gasteiger partial charge in [-0.2, -0.15) is 0 Å². The van der Waals surface area contributed by atoms with Crippen molar-refractivity contribution in [2.24, 2.45) is 4.99 Å². The number of methoxy groups -OCH3 is 1. The molecule has 0 N–H and O–H groups in total. The Labute approximate surface area is 111 Å². The van der Waals surface area contributed by atoms with Gasteiger partial charge >= 0.3 is 5.97 Å². The van der Waals surface area contributed by atoms with Crippen LogP contribution in [0.15, 0.2) is 40.5 Å². The Morgan fingerprint density at radius 1 is 1.32 bits per heavy atom. The number of hydrogen-bond acceptors (Lipinski definition) is 3. The second-order valence-corrected chi connectivity index (χ2v) is 4.65. The van der Waals surface area contributed by atoms with E-state index < -0.39 is 0 Å². The molecule has 1 aromatic carbocycles. The lowest BCUT2D eigenvalue weighted by molar-refractivity contribution is -0.136. The number of esters is 1. The monoisotopic (exact) mass is 261 g/mol. The molecular formula is C15H16FNO2. The fourth-order valence-electron chi connectivity index (χ4n) is 2.42. The molecule has 1 aliphatic rings. The van der Waals surface area contributed by atoms with Crippen molar-refractivity contribution in [3.63, 3.8) is 0 Å². The van der Waals surface area contributed by atoms with Crippen LogP contribution in [0.25, 0.3) is 0 Å². The Morgan fingerprint density at radius 2 is 1.95 bits per heavy atom. The lowest BCUT2D eigenvalue weighted by Gasteiger charge is -2.24. The molecule has 0 saturated carbocycles. The van der Waals surface area contributed by atoms with Crippen LogP contribution in [0.3, 0.4) is 0 Å². The smallest absolute Gasteiger partial charge is 0.336 e. The lowest BCUT2D eigenvalue weighted by atomic mass is 9.84. The van der Waals surface area contributed by atoms with Gasteiger partial charge < -0.3 is 4.74 Å². The SMILES string of the molecule is COC(=O)C1=C(C)N=C(C)CC1c1ccc(F)cc1. The number of carbonyl (C=O) groups is 1. The first-order chi connectivity index (χ1) is 9.02. The van der Waals surface area contributed by atoms with Gasteiger partial charge in [0.15, 0.2) is 0 Å². The Balaban J connectivity index is 2.46. The summed E-state index contributed by atoms with van der Waals surface area (Å²) in [6.45, 7) is 3.72. The lowest BCUT2D eigenvalue weighted by Crippen LogP contribution is -2.20. The summed E-state index contributed by atoms with van der Waals surface area (Å²) in [6, 6.07) is 6.21. The van der Waals surface area contributed by atoms with E-state index in [1.807, 2.05) is 6.92 Å². The van der Waals surface area contributed by atoms with Crippen molar-refractivity contribution in [3.8, 4) is 0 Å². The highest BCUT2D eigenvalue weighted by Crippen LogP contribution is 2.35. The van der Waals surface area contributed by atoms with E-state index in [0.29, 0.717) is 17.7 Å². The molecule has 0 aromatic heterocycles. The van der Waals surface area contributed by atoms with Gasteiger partial charge in [0.05, 0.1) is 12.7 Å². The summed E-state index contributed by atoms with van der Waals surface area (Å²) in [5.41, 5.74) is 3.08. The number of ether oxygens (including phenoxy) is 1. The van der Waals surface area contributed by atoms with Crippen molar-refractivity contribution in [1.29, 1.82) is 0 Å². The second kappa shape index (κ2) is 5.34. The number of aliphatic imine (C=N–C) groups is 1. The minimum atomic E-state index is -0.372. The van der Waals surface area contributed by atoms with Crippen molar-refractivity contribution < 1.29 is 13.9 Å². The third kappa shape index (κ3) is 2.72. The quantitative estimate of drug-likeness (QED) is 0.767. The highest BCUT2D eigenvalue weighted by molar-refractivity contribution is 5.96. The second-order valence-electron chi connectivity index (χ2n) is 4.65. The van der Waals surface area contributed by atoms with Crippen molar-refractivity contribution >= 4 is 11.7 Å². The molecule has 1 atom stereocenters. The van der Waals surface area contributed by atoms with Crippen LogP contribution in [0.2, 0.25) is 0 Å². The van der Waals surface area contributed by atoms with Gasteiger partial charge in [-0.25, -0.2) is 9.18 Å². The van der Waals surface area contributed by atoms with E-state index in [9.17, 15) is 9.18 Å². The third-order valence-electron chi connectivity index (χ3n) is 3.27. The van der Waals surface area contributed by atoms with E-state index in [2.05, 4.69) is 4.99 Å². The summed E-state index contributed by atoms with van der Waals surface area (Å²) in [7, 11) is 1.36. The largest absolute Gasteiger partial charge is 0.466 e. The van der Waals surface area contributed by atoms with Crippen molar-refractivity contribution in [3.05, 3.63) is 46.9 Å². The maximum atomic E-state index is 13.0. The van der Waals surface area contributed by atoms with Gasteiger partial charge in [-0.1, -0.05) is 12.1 Å². The number of carbonyl (C=O) groups excluding carboxylic acids is 1. The van der Waals surface area contributed by atoms with E-state index in [-0.39, 0.29) is 17.7 Å². The van der Waals surface area contributed by atoms with Crippen LogP contribution in [0.4, 0.5) is 4.39 Å². The molecular weight excluding hydrogens is 245 g/mol. The van der Waals surface area contributed by atoms with Crippen LogP contribution in [-0.4, -0.2) is 18.8 Å². The molecule has 0 bridgehead atoms. The van der Waals surface area contributed by atoms with Crippen LogP contribution in [-0.2, 0) is 9.53 Å². The number of halogens is 1. The van der Waals surface area contributed by atoms with Crippen LogP contribution in [0, 0.1) is 5.82 Å². The average molecular weight is 261 g/mol. The van der Waals surface area contributed by atoms with Gasteiger partial charge in [-0.3, -0.25) is 4.99 Å². The van der Waals surface area contributed by atoms with Gasteiger partial charge in [-0.15, -0.1) is 0 Å². The van der Waals surface area contributed by atoms with Crippen LogP contribution in [0.5, 0.6) is 0 Å². The topological polar surface area (TPSA) is 38.7 Å². The molecule has 1 aliphatic heterocycles. The first-order valence-electron chi connectivity index (χ1n) is 6.11. The molecule has 0 saturated heterocycles. The van der Waals surface area contributed by atoms with E-state index in [4.69, 9.17) is 4.74 Å². The molecule has 1 heterocycles. The van der Waals surface area contributed by atoms with Crippen molar-refractivity contribution in [2.75, 3.05) is 7.11 Å². The summed E-state index contributed by atoms with van der Waals surface area (Å²) in [5.74, 6) is -0.779. The number of allylic oxidation sites excluding steroid dienone is 1. The van der Waals surface area contributed by atoms with Gasteiger partial charge in [0, 0.05) is 17.3 Å². The summed E-state index contributed by atoms with van der Waals surface area (Å²) < 4.78 is 17.8. The Morgan fingerprint density at radius 3 is 2.53 bits per heavy atom. The molecule has 19 heavy (non-hydrogen) atoms. The Bertz CT molecular complexity index is 558. The summed E-state index contributed by atoms with van der Waals surface area (Å²) >= 11 is 0. The molecule has 1 unspecified atom stereocenters. The summed E-state index contributed by atoms with van der Waals surface area (Å²) in [4.78, 5) is 16.3. The zero-order valence-corrected chi connectivity index (χ0v) is 11.2. The molecule has 4 heteroatoms. The molecule has 2 rings (SSSR count). The van der Waals surface area contributed by atoms with E-state index in [0.717, 1.165) is 11.3 Å². The number of benzene rings is 1. The van der Waals surface area contributed by atoms with Crippen molar-refractivity contribution in [1.82, 2.24) is 0 Å². The van der Waals surface area contributed by atoms with Crippen molar-refractivity contribution in [2.45, 2.75) is 26.2 Å². The van der Waals surface area contributed by atoms with E-state index >= 15 is 0 Å². The maximum Gasteiger partial charge on any atom is 0.336 e. The predicted molar refractivity (Wildman–Crippen MR) is 71.6 cm³/mol. The normalized spacial score (nSPS) is 19.2. The first kappa shape index (κ1) is 13.5. The molecule has 0 amide bonds. The molecule has 0 fully saturated rings. The number of rotatable bonds is 2. The fraction of sp³-hybridized carbons (Fsp3) is 0.333. The molecule has 100 valence electrons. The zero-order chi connectivity index (χ0) is 14.0. The first-order valence-corrected chi connectivity index (χ1v) is 6.11. The highest BCUT2D eigenvalue weighted by Gasteiger charge is 2.29. The van der Waals surface area contributed by atoms with Crippen LogP contribution >= 0.6 is 0 Å². The molecule has 0 spiro atoms. The number of hydrogen-bond donors (Lipinski definition) is 0. The average Bonchev–Trinajstić information content (AvgIpc) is 2.38. The standard InChI is InChI=1S/C15H16FNO2/c1-9-8-13(11-4-6-12(16)7-5-11)14(10(2)17-9)15(18)19-3/h4-7,13H,8H2,1-3H3. The van der Waals surface area contributed by atoms with Gasteiger partial charge in [-0.05, 0) is 38.0 Å². The van der Waals surface area contributed by atoms with E-state index in [1.54, 1.807) is 19.1 Å². The van der Waals surface area contributed by atoms with Gasteiger partial charge in [0.25, 0.3) is 0 Å². The van der Waals surface area contributed by atoms with Gasteiger partial charge in [0.2, 0.25) is 0 Å². The van der Waals surface area contributed by atoms with Gasteiger partial charge in [0.1, 0.15) is 5.82 Å². The Kier molecular flexibility index (Phi) is 3.79. The maximum absolute atomic E-state index is 13.0. The third-order valence-corrected chi connectivity index (χ3v) is 3.27. The molecule has 0 aliphatic carbocycles. The fourth-order valence-corrected chi connectivity index (χ4v) is 2.42.